The molecule has 0 unspecified atom stereocenters. The van der Waals surface area contributed by atoms with Gasteiger partial charge in [0.2, 0.25) is 5.91 Å². The van der Waals surface area contributed by atoms with Crippen LogP contribution in [0.25, 0.3) is 0 Å². The lowest BCUT2D eigenvalue weighted by Gasteiger charge is -2.21. The van der Waals surface area contributed by atoms with Crippen molar-refractivity contribution in [3.63, 3.8) is 0 Å². The Balaban J connectivity index is 2.06. The van der Waals surface area contributed by atoms with Gasteiger partial charge in [0, 0.05) is 10.2 Å². The van der Waals surface area contributed by atoms with E-state index in [1.54, 1.807) is 6.07 Å². The first-order valence-corrected chi connectivity index (χ1v) is 8.85. The van der Waals surface area contributed by atoms with Gasteiger partial charge in [-0.25, -0.2) is 4.68 Å². The summed E-state index contributed by atoms with van der Waals surface area (Å²) < 4.78 is 2.28. The number of carbonyl (C=O) groups is 1. The number of amides is 1. The fourth-order valence-corrected chi connectivity index (χ4v) is 2.58. The Bertz CT molecular complexity index is 859. The molecule has 6 nitrogen and oxygen atoms in total. The van der Waals surface area contributed by atoms with E-state index < -0.39 is 11.1 Å². The molecule has 1 aromatic heterocycles. The third-order valence-corrected chi connectivity index (χ3v) is 4.69. The molecule has 1 amide bonds. The number of carbonyl (C=O) groups excluding carboxylic acids is 1. The minimum atomic E-state index is -0.476. The van der Waals surface area contributed by atoms with Crippen LogP contribution in [-0.2, 0) is 10.3 Å². The van der Waals surface area contributed by atoms with Gasteiger partial charge in [-0.1, -0.05) is 27.5 Å². The molecule has 0 fully saturated rings. The van der Waals surface area contributed by atoms with E-state index in [2.05, 4.69) is 31.7 Å². The second kappa shape index (κ2) is 7.58. The minimum absolute atomic E-state index is 0.0113. The van der Waals surface area contributed by atoms with Gasteiger partial charge in [-0.3, -0.25) is 9.59 Å². The van der Waals surface area contributed by atoms with Crippen LogP contribution in [0.3, 0.4) is 0 Å². The van der Waals surface area contributed by atoms with Crippen molar-refractivity contribution in [3.8, 4) is 0 Å². The number of aromatic nitrogens is 2. The maximum Gasteiger partial charge on any atom is 0.288 e. The lowest BCUT2D eigenvalue weighted by molar-refractivity contribution is -0.114. The van der Waals surface area contributed by atoms with E-state index in [4.69, 9.17) is 11.6 Å². The molecule has 134 valence electrons. The Kier molecular flexibility index (Phi) is 5.90. The number of benzene rings is 1. The third-order valence-electron chi connectivity index (χ3n) is 3.44. The Morgan fingerprint density at radius 3 is 2.64 bits per heavy atom. The van der Waals surface area contributed by atoms with Crippen LogP contribution in [0.1, 0.15) is 26.3 Å². The van der Waals surface area contributed by atoms with Gasteiger partial charge in [-0.15, -0.1) is 0 Å². The van der Waals surface area contributed by atoms with Gasteiger partial charge in [0.25, 0.3) is 5.56 Å². The number of halogens is 2. The van der Waals surface area contributed by atoms with Crippen LogP contribution in [0, 0.1) is 6.92 Å². The minimum Gasteiger partial charge on any atom is -0.373 e. The SMILES string of the molecule is Cc1cc(NC(=O)CNc2cnn(C(C)(C)C)c(=O)c2Cl)ccc1Br. The van der Waals surface area contributed by atoms with Gasteiger partial charge >= 0.3 is 0 Å². The number of anilines is 2. The highest BCUT2D eigenvalue weighted by Gasteiger charge is 2.19. The summed E-state index contributed by atoms with van der Waals surface area (Å²) in [5.74, 6) is -0.252. The molecule has 0 saturated carbocycles. The first kappa shape index (κ1) is 19.5. The molecule has 8 heteroatoms. The Hall–Kier alpha value is -1.86. The largest absolute Gasteiger partial charge is 0.373 e. The number of nitrogens with zero attached hydrogens (tertiary/aromatic N) is 2. The molecule has 2 aromatic rings. The summed E-state index contributed by atoms with van der Waals surface area (Å²) in [5.41, 5.74) is 1.16. The summed E-state index contributed by atoms with van der Waals surface area (Å²) >= 11 is 9.53. The Morgan fingerprint density at radius 2 is 2.04 bits per heavy atom. The lowest BCUT2D eigenvalue weighted by Crippen LogP contribution is -2.36. The van der Waals surface area contributed by atoms with Gasteiger partial charge in [0.15, 0.2) is 0 Å². The van der Waals surface area contributed by atoms with Crippen LogP contribution in [0.2, 0.25) is 5.02 Å². The number of nitrogens with one attached hydrogen (secondary N) is 2. The van der Waals surface area contributed by atoms with Gasteiger partial charge in [-0.05, 0) is 51.5 Å². The summed E-state index contributed by atoms with van der Waals surface area (Å²) in [4.78, 5) is 24.3. The van der Waals surface area contributed by atoms with Gasteiger partial charge < -0.3 is 10.6 Å². The zero-order valence-electron chi connectivity index (χ0n) is 14.5. The van der Waals surface area contributed by atoms with Crippen molar-refractivity contribution >= 4 is 44.8 Å². The highest BCUT2D eigenvalue weighted by atomic mass is 79.9. The average Bonchev–Trinajstić information content (AvgIpc) is 2.51. The summed E-state index contributed by atoms with van der Waals surface area (Å²) in [7, 11) is 0. The van der Waals surface area contributed by atoms with E-state index in [1.807, 2.05) is 39.8 Å². The first-order valence-electron chi connectivity index (χ1n) is 7.68. The van der Waals surface area contributed by atoms with Crippen LogP contribution >= 0.6 is 27.5 Å². The van der Waals surface area contributed by atoms with E-state index in [9.17, 15) is 9.59 Å². The van der Waals surface area contributed by atoms with Crippen LogP contribution in [0.5, 0.6) is 0 Å². The molecule has 25 heavy (non-hydrogen) atoms. The molecular formula is C17H20BrClN4O2. The van der Waals surface area contributed by atoms with Crippen molar-refractivity contribution < 1.29 is 4.79 Å². The number of rotatable bonds is 4. The summed E-state index contributed by atoms with van der Waals surface area (Å²) in [6.45, 7) is 7.48. The zero-order valence-corrected chi connectivity index (χ0v) is 16.8. The quantitative estimate of drug-likeness (QED) is 0.779. The molecule has 0 aliphatic rings. The van der Waals surface area contributed by atoms with Gasteiger partial charge in [0.1, 0.15) is 5.02 Å². The van der Waals surface area contributed by atoms with Crippen molar-refractivity contribution in [3.05, 3.63) is 49.8 Å². The normalized spacial score (nSPS) is 11.3. The smallest absolute Gasteiger partial charge is 0.288 e. The number of hydrogen-bond acceptors (Lipinski definition) is 4. The second-order valence-electron chi connectivity index (χ2n) is 6.63. The fourth-order valence-electron chi connectivity index (χ4n) is 2.14. The van der Waals surface area contributed by atoms with Crippen LogP contribution in [-0.4, -0.2) is 22.2 Å². The summed E-state index contributed by atoms with van der Waals surface area (Å²) in [6, 6.07) is 5.53. The van der Waals surface area contributed by atoms with Gasteiger partial charge in [0.05, 0.1) is 24.0 Å². The fraction of sp³-hybridized carbons (Fsp3) is 0.353. The highest BCUT2D eigenvalue weighted by Crippen LogP contribution is 2.20. The molecule has 0 bridgehead atoms. The van der Waals surface area contributed by atoms with E-state index >= 15 is 0 Å². The van der Waals surface area contributed by atoms with E-state index in [0.29, 0.717) is 11.4 Å². The van der Waals surface area contributed by atoms with Crippen molar-refractivity contribution in [1.82, 2.24) is 9.78 Å². The molecule has 2 N–H and O–H groups in total. The maximum absolute atomic E-state index is 12.3. The predicted molar refractivity (Wildman–Crippen MR) is 105 cm³/mol. The first-order chi connectivity index (χ1) is 11.6. The van der Waals surface area contributed by atoms with E-state index in [1.165, 1.54) is 10.9 Å². The standard InChI is InChI=1S/C17H20BrClN4O2/c1-10-7-11(5-6-12(10)18)22-14(24)9-20-13-8-21-23(17(2,3)4)16(25)15(13)19/h5-8,20H,9H2,1-4H3,(H,22,24). The Labute approximate surface area is 159 Å². The van der Waals surface area contributed by atoms with Crippen molar-refractivity contribution in [1.29, 1.82) is 0 Å². The van der Waals surface area contributed by atoms with Crippen LogP contribution < -0.4 is 16.2 Å². The summed E-state index contributed by atoms with van der Waals surface area (Å²) in [6.07, 6.45) is 1.45. The topological polar surface area (TPSA) is 76.0 Å². The molecule has 1 aromatic carbocycles. The third kappa shape index (κ3) is 4.83. The summed E-state index contributed by atoms with van der Waals surface area (Å²) in [5, 5.41) is 9.76. The molecule has 0 saturated heterocycles. The monoisotopic (exact) mass is 426 g/mol. The highest BCUT2D eigenvalue weighted by molar-refractivity contribution is 9.10. The molecular weight excluding hydrogens is 408 g/mol. The molecule has 1 heterocycles. The second-order valence-corrected chi connectivity index (χ2v) is 7.86. The lowest BCUT2D eigenvalue weighted by atomic mass is 10.1. The zero-order chi connectivity index (χ0) is 18.8. The predicted octanol–water partition coefficient (Wildman–Crippen LogP) is 3.77. The molecule has 0 aliphatic heterocycles. The molecule has 0 aliphatic carbocycles. The van der Waals surface area contributed by atoms with Crippen molar-refractivity contribution in [2.24, 2.45) is 0 Å². The van der Waals surface area contributed by atoms with E-state index in [-0.39, 0.29) is 17.5 Å². The maximum atomic E-state index is 12.3. The molecule has 0 spiro atoms. The molecule has 0 radical (unpaired) electrons. The van der Waals surface area contributed by atoms with Crippen molar-refractivity contribution in [2.75, 3.05) is 17.2 Å². The van der Waals surface area contributed by atoms with E-state index in [0.717, 1.165) is 10.0 Å². The van der Waals surface area contributed by atoms with Crippen LogP contribution in [0.15, 0.2) is 33.7 Å². The number of hydrogen-bond donors (Lipinski definition) is 2. The van der Waals surface area contributed by atoms with Crippen LogP contribution in [0.4, 0.5) is 11.4 Å². The molecule has 2 rings (SSSR count). The van der Waals surface area contributed by atoms with Gasteiger partial charge in [-0.2, -0.15) is 5.10 Å². The number of aryl methyl sites for hydroxylation is 1. The average molecular weight is 428 g/mol. The molecule has 0 atom stereocenters. The Morgan fingerprint density at radius 1 is 1.36 bits per heavy atom. The van der Waals surface area contributed by atoms with Crippen molar-refractivity contribution in [2.45, 2.75) is 33.2 Å².